The predicted molar refractivity (Wildman–Crippen MR) is 105 cm³/mol. The third-order valence-electron chi connectivity index (χ3n) is 4.56. The average molecular weight is 403 g/mol. The van der Waals surface area contributed by atoms with Gasteiger partial charge in [0.05, 0.1) is 10.9 Å². The molecule has 3 N–H and O–H groups in total. The van der Waals surface area contributed by atoms with Crippen LogP contribution < -0.4 is 16.5 Å². The minimum absolute atomic E-state index is 0.142. The van der Waals surface area contributed by atoms with Crippen LogP contribution in [0.15, 0.2) is 33.5 Å². The van der Waals surface area contributed by atoms with Crippen LogP contribution in [0.1, 0.15) is 44.2 Å². The fraction of sp³-hybridized carbons (Fsp3) is 0.211. The van der Waals surface area contributed by atoms with Crippen LogP contribution in [-0.4, -0.2) is 11.8 Å². The van der Waals surface area contributed by atoms with Gasteiger partial charge in [0, 0.05) is 16.0 Å². The number of nitrogens with one attached hydrogen (secondary N) is 1. The molecule has 1 aromatic carbocycles. The summed E-state index contributed by atoms with van der Waals surface area (Å²) in [5, 5.41) is 3.79. The van der Waals surface area contributed by atoms with E-state index < -0.39 is 11.8 Å². The van der Waals surface area contributed by atoms with Crippen molar-refractivity contribution in [3.63, 3.8) is 0 Å². The summed E-state index contributed by atoms with van der Waals surface area (Å²) >= 11 is 7.25. The van der Waals surface area contributed by atoms with Gasteiger partial charge in [0.1, 0.15) is 10.6 Å². The SMILES string of the molecule is NC(=O)c1c(NC(=O)c2cc(=O)c3cc(Cl)ccc3o2)sc2c1CCCC2. The minimum atomic E-state index is -0.606. The summed E-state index contributed by atoms with van der Waals surface area (Å²) in [6.45, 7) is 0. The quantitative estimate of drug-likeness (QED) is 0.696. The van der Waals surface area contributed by atoms with Crippen molar-refractivity contribution in [3.8, 4) is 0 Å². The second kappa shape index (κ2) is 6.83. The van der Waals surface area contributed by atoms with Crippen molar-refractivity contribution in [1.82, 2.24) is 0 Å². The van der Waals surface area contributed by atoms with Crippen molar-refractivity contribution in [3.05, 3.63) is 61.3 Å². The smallest absolute Gasteiger partial charge is 0.292 e. The number of hydrogen-bond acceptors (Lipinski definition) is 5. The number of thiophene rings is 1. The minimum Gasteiger partial charge on any atom is -0.451 e. The molecule has 0 atom stereocenters. The highest BCUT2D eigenvalue weighted by molar-refractivity contribution is 7.17. The molecule has 2 heterocycles. The standard InChI is InChI=1S/C19H15ClN2O4S/c20-9-5-6-13-11(7-9)12(23)8-14(26-13)18(25)22-19-16(17(21)24)10-3-1-2-4-15(10)27-19/h5-8H,1-4H2,(H2,21,24)(H,22,25). The predicted octanol–water partition coefficient (Wildman–Crippen LogP) is 3.74. The first kappa shape index (κ1) is 17.8. The van der Waals surface area contributed by atoms with Crippen LogP contribution in [0.3, 0.4) is 0 Å². The Balaban J connectivity index is 1.72. The number of anilines is 1. The van der Waals surface area contributed by atoms with Gasteiger partial charge < -0.3 is 15.5 Å². The number of rotatable bonds is 3. The first-order valence-electron chi connectivity index (χ1n) is 8.43. The normalized spacial score (nSPS) is 13.4. The molecule has 8 heteroatoms. The lowest BCUT2D eigenvalue weighted by atomic mass is 9.95. The summed E-state index contributed by atoms with van der Waals surface area (Å²) in [7, 11) is 0. The molecular formula is C19H15ClN2O4S. The summed E-state index contributed by atoms with van der Waals surface area (Å²) in [6.07, 6.45) is 3.66. The van der Waals surface area contributed by atoms with E-state index in [-0.39, 0.29) is 16.8 Å². The van der Waals surface area contributed by atoms with E-state index in [9.17, 15) is 14.4 Å². The van der Waals surface area contributed by atoms with Gasteiger partial charge in [-0.05, 0) is 49.4 Å². The van der Waals surface area contributed by atoms with Crippen LogP contribution in [0.5, 0.6) is 0 Å². The molecule has 2 amide bonds. The van der Waals surface area contributed by atoms with Gasteiger partial charge in [-0.25, -0.2) is 0 Å². The third kappa shape index (κ3) is 3.24. The lowest BCUT2D eigenvalue weighted by Crippen LogP contribution is -2.19. The summed E-state index contributed by atoms with van der Waals surface area (Å²) < 4.78 is 5.55. The van der Waals surface area contributed by atoms with E-state index in [0.717, 1.165) is 42.2 Å². The molecule has 2 aromatic heterocycles. The Hall–Kier alpha value is -2.64. The maximum absolute atomic E-state index is 12.6. The third-order valence-corrected chi connectivity index (χ3v) is 6.00. The molecule has 0 aliphatic heterocycles. The Morgan fingerprint density at radius 2 is 1.96 bits per heavy atom. The zero-order valence-corrected chi connectivity index (χ0v) is 15.7. The molecule has 4 rings (SSSR count). The van der Waals surface area contributed by atoms with Crippen LogP contribution in [0.25, 0.3) is 11.0 Å². The topological polar surface area (TPSA) is 102 Å². The largest absolute Gasteiger partial charge is 0.451 e. The highest BCUT2D eigenvalue weighted by Crippen LogP contribution is 2.38. The molecule has 0 bridgehead atoms. The molecule has 0 spiro atoms. The summed E-state index contributed by atoms with van der Waals surface area (Å²) in [5.41, 5.74) is 6.71. The van der Waals surface area contributed by atoms with E-state index in [2.05, 4.69) is 5.32 Å². The molecule has 6 nitrogen and oxygen atoms in total. The Morgan fingerprint density at radius 3 is 2.74 bits per heavy atom. The Morgan fingerprint density at radius 1 is 1.19 bits per heavy atom. The van der Waals surface area contributed by atoms with E-state index in [1.807, 2.05) is 0 Å². The van der Waals surface area contributed by atoms with Gasteiger partial charge in [-0.15, -0.1) is 11.3 Å². The van der Waals surface area contributed by atoms with E-state index >= 15 is 0 Å². The highest BCUT2D eigenvalue weighted by atomic mass is 35.5. The van der Waals surface area contributed by atoms with E-state index in [0.29, 0.717) is 21.0 Å². The van der Waals surface area contributed by atoms with E-state index in [1.165, 1.54) is 23.5 Å². The Kier molecular flexibility index (Phi) is 4.49. The monoisotopic (exact) mass is 402 g/mol. The van der Waals surface area contributed by atoms with Crippen molar-refractivity contribution in [2.75, 3.05) is 5.32 Å². The number of aryl methyl sites for hydroxylation is 1. The molecule has 0 fully saturated rings. The molecule has 1 aliphatic carbocycles. The fourth-order valence-electron chi connectivity index (χ4n) is 3.32. The second-order valence-electron chi connectivity index (χ2n) is 6.35. The van der Waals surface area contributed by atoms with Crippen molar-refractivity contribution in [2.24, 2.45) is 5.73 Å². The second-order valence-corrected chi connectivity index (χ2v) is 7.89. The van der Waals surface area contributed by atoms with E-state index in [4.69, 9.17) is 21.8 Å². The Bertz CT molecular complexity index is 1150. The molecular weight excluding hydrogens is 388 g/mol. The summed E-state index contributed by atoms with van der Waals surface area (Å²) in [6, 6.07) is 5.72. The number of amides is 2. The van der Waals surface area contributed by atoms with Crippen LogP contribution in [0.2, 0.25) is 5.02 Å². The van der Waals surface area contributed by atoms with Crippen molar-refractivity contribution < 1.29 is 14.0 Å². The Labute approximate surface area is 162 Å². The number of halogens is 1. The van der Waals surface area contributed by atoms with Gasteiger partial charge >= 0.3 is 0 Å². The average Bonchev–Trinajstić information content (AvgIpc) is 3.00. The lowest BCUT2D eigenvalue weighted by molar-refractivity contribution is 0.0997. The first-order valence-corrected chi connectivity index (χ1v) is 9.62. The van der Waals surface area contributed by atoms with Crippen LogP contribution in [0, 0.1) is 0 Å². The maximum Gasteiger partial charge on any atom is 0.292 e. The number of fused-ring (bicyclic) bond motifs is 2. The fourth-order valence-corrected chi connectivity index (χ4v) is 4.78. The molecule has 0 saturated carbocycles. The molecule has 0 unspecified atom stereocenters. The number of nitrogens with two attached hydrogens (primary N) is 1. The number of carbonyl (C=O) groups is 2. The molecule has 138 valence electrons. The van der Waals surface area contributed by atoms with Gasteiger partial charge in [-0.3, -0.25) is 14.4 Å². The van der Waals surface area contributed by atoms with Crippen LogP contribution in [0.4, 0.5) is 5.00 Å². The molecule has 1 aliphatic rings. The van der Waals surface area contributed by atoms with Gasteiger partial charge in [0.25, 0.3) is 11.8 Å². The lowest BCUT2D eigenvalue weighted by Gasteiger charge is -2.11. The van der Waals surface area contributed by atoms with Gasteiger partial charge in [0.15, 0.2) is 11.2 Å². The van der Waals surface area contributed by atoms with Gasteiger partial charge in [-0.1, -0.05) is 11.6 Å². The number of carbonyl (C=O) groups excluding carboxylic acids is 2. The number of primary amides is 1. The van der Waals surface area contributed by atoms with Crippen LogP contribution in [-0.2, 0) is 12.8 Å². The molecule has 0 radical (unpaired) electrons. The maximum atomic E-state index is 12.6. The molecule has 3 aromatic rings. The summed E-state index contributed by atoms with van der Waals surface area (Å²) in [5.74, 6) is -1.32. The zero-order valence-electron chi connectivity index (χ0n) is 14.1. The zero-order chi connectivity index (χ0) is 19.1. The van der Waals surface area contributed by atoms with Crippen molar-refractivity contribution in [1.29, 1.82) is 0 Å². The summed E-state index contributed by atoms with van der Waals surface area (Å²) in [4.78, 5) is 37.9. The number of benzene rings is 1. The molecule has 0 saturated heterocycles. The van der Waals surface area contributed by atoms with Crippen LogP contribution >= 0.6 is 22.9 Å². The molecule has 27 heavy (non-hydrogen) atoms. The first-order chi connectivity index (χ1) is 12.9. The number of hydrogen-bond donors (Lipinski definition) is 2. The van der Waals surface area contributed by atoms with E-state index in [1.54, 1.807) is 6.07 Å². The highest BCUT2D eigenvalue weighted by Gasteiger charge is 2.25. The van der Waals surface area contributed by atoms with Gasteiger partial charge in [-0.2, -0.15) is 0 Å². The van der Waals surface area contributed by atoms with Gasteiger partial charge in [0.2, 0.25) is 0 Å². The van der Waals surface area contributed by atoms with Crippen molar-refractivity contribution in [2.45, 2.75) is 25.7 Å². The van der Waals surface area contributed by atoms with Crippen molar-refractivity contribution >= 4 is 50.7 Å².